The Morgan fingerprint density at radius 1 is 1.35 bits per heavy atom. The third kappa shape index (κ3) is 4.62. The molecular weight excluding hydrogens is 250 g/mol. The van der Waals surface area contributed by atoms with Gasteiger partial charge in [0.2, 0.25) is 5.91 Å². The smallest absolute Gasteiger partial charge is 0.221 e. The number of carbonyl (C=O) groups is 1. The molecule has 0 radical (unpaired) electrons. The highest BCUT2D eigenvalue weighted by molar-refractivity contribution is 5.76. The molecule has 110 valence electrons. The summed E-state index contributed by atoms with van der Waals surface area (Å²) < 4.78 is 0. The van der Waals surface area contributed by atoms with Crippen LogP contribution in [-0.2, 0) is 4.79 Å². The van der Waals surface area contributed by atoms with E-state index in [9.17, 15) is 4.79 Å². The number of rotatable bonds is 5. The minimum absolute atomic E-state index is 0.0558. The van der Waals surface area contributed by atoms with Crippen LogP contribution in [0.2, 0.25) is 0 Å². The van der Waals surface area contributed by atoms with E-state index in [1.807, 2.05) is 30.3 Å². The molecule has 0 bridgehead atoms. The summed E-state index contributed by atoms with van der Waals surface area (Å²) in [7, 11) is 2.15. The van der Waals surface area contributed by atoms with Crippen LogP contribution in [0.4, 0.5) is 0 Å². The predicted molar refractivity (Wildman–Crippen MR) is 81.2 cm³/mol. The molecular formula is C16H25N3O. The van der Waals surface area contributed by atoms with Crippen LogP contribution in [-0.4, -0.2) is 37.5 Å². The number of carbonyl (C=O) groups excluding carboxylic acids is 1. The lowest BCUT2D eigenvalue weighted by Crippen LogP contribution is -2.37. The highest BCUT2D eigenvalue weighted by Crippen LogP contribution is 2.16. The van der Waals surface area contributed by atoms with Gasteiger partial charge in [-0.25, -0.2) is 0 Å². The summed E-state index contributed by atoms with van der Waals surface area (Å²) in [6, 6.07) is 9.57. The molecule has 1 amide bonds. The molecule has 20 heavy (non-hydrogen) atoms. The lowest BCUT2D eigenvalue weighted by molar-refractivity contribution is -0.121. The predicted octanol–water partition coefficient (Wildman–Crippen LogP) is 1.53. The van der Waals surface area contributed by atoms with Crippen molar-refractivity contribution in [3.8, 4) is 0 Å². The van der Waals surface area contributed by atoms with E-state index in [1.165, 1.54) is 12.8 Å². The molecule has 0 aliphatic carbocycles. The Morgan fingerprint density at radius 3 is 2.65 bits per heavy atom. The minimum Gasteiger partial charge on any atom is -0.356 e. The normalized spacial score (nSPS) is 18.7. The molecule has 1 aromatic rings. The first-order valence-corrected chi connectivity index (χ1v) is 7.41. The lowest BCUT2D eigenvalue weighted by Gasteiger charge is -2.29. The van der Waals surface area contributed by atoms with Gasteiger partial charge in [-0.05, 0) is 44.5 Å². The van der Waals surface area contributed by atoms with Gasteiger partial charge in [-0.1, -0.05) is 30.3 Å². The van der Waals surface area contributed by atoms with Crippen molar-refractivity contribution in [2.45, 2.75) is 25.3 Å². The Balaban J connectivity index is 1.70. The van der Waals surface area contributed by atoms with Crippen LogP contribution in [0.15, 0.2) is 30.3 Å². The molecule has 0 aromatic heterocycles. The van der Waals surface area contributed by atoms with Crippen LogP contribution in [0.1, 0.15) is 30.9 Å². The van der Waals surface area contributed by atoms with E-state index in [-0.39, 0.29) is 11.9 Å². The number of nitrogens with two attached hydrogens (primary N) is 1. The molecule has 1 aliphatic heterocycles. The monoisotopic (exact) mass is 275 g/mol. The zero-order valence-electron chi connectivity index (χ0n) is 12.2. The van der Waals surface area contributed by atoms with Crippen LogP contribution < -0.4 is 11.1 Å². The fourth-order valence-corrected chi connectivity index (χ4v) is 2.61. The number of amides is 1. The maximum atomic E-state index is 11.9. The first-order chi connectivity index (χ1) is 9.65. The Kier molecular flexibility index (Phi) is 5.56. The first-order valence-electron chi connectivity index (χ1n) is 7.41. The van der Waals surface area contributed by atoms with Crippen LogP contribution in [0.5, 0.6) is 0 Å². The second kappa shape index (κ2) is 7.41. The van der Waals surface area contributed by atoms with E-state index in [1.54, 1.807) is 0 Å². The Morgan fingerprint density at radius 2 is 2.00 bits per heavy atom. The highest BCUT2D eigenvalue weighted by atomic mass is 16.1. The summed E-state index contributed by atoms with van der Waals surface area (Å²) in [5.41, 5.74) is 7.07. The quantitative estimate of drug-likeness (QED) is 0.857. The summed E-state index contributed by atoms with van der Waals surface area (Å²) in [5, 5.41) is 3.03. The Hall–Kier alpha value is -1.39. The summed E-state index contributed by atoms with van der Waals surface area (Å²) in [6.45, 7) is 3.04. The average molecular weight is 275 g/mol. The van der Waals surface area contributed by atoms with Gasteiger partial charge in [-0.2, -0.15) is 0 Å². The van der Waals surface area contributed by atoms with Gasteiger partial charge < -0.3 is 16.0 Å². The molecule has 0 spiro atoms. The third-order valence-electron chi connectivity index (χ3n) is 4.06. The number of nitrogens with zero attached hydrogens (tertiary/aromatic N) is 1. The van der Waals surface area contributed by atoms with E-state index in [0.717, 1.165) is 25.2 Å². The van der Waals surface area contributed by atoms with Crippen LogP contribution in [0.25, 0.3) is 0 Å². The Labute approximate surface area is 121 Å². The van der Waals surface area contributed by atoms with Crippen molar-refractivity contribution in [2.24, 2.45) is 11.7 Å². The standard InChI is InChI=1S/C16H25N3O/c1-19-9-7-13(8-10-19)12-18-16(20)11-15(17)14-5-3-2-4-6-14/h2-6,13,15H,7-12,17H2,1H3,(H,18,20). The maximum absolute atomic E-state index is 11.9. The van der Waals surface area contributed by atoms with E-state index in [2.05, 4.69) is 17.3 Å². The van der Waals surface area contributed by atoms with Gasteiger partial charge in [0.05, 0.1) is 0 Å². The fraction of sp³-hybridized carbons (Fsp3) is 0.562. The van der Waals surface area contributed by atoms with Crippen molar-refractivity contribution < 1.29 is 4.79 Å². The highest BCUT2D eigenvalue weighted by Gasteiger charge is 2.18. The van der Waals surface area contributed by atoms with Gasteiger partial charge in [0.15, 0.2) is 0 Å². The number of hydrogen-bond acceptors (Lipinski definition) is 3. The van der Waals surface area contributed by atoms with Crippen LogP contribution in [0.3, 0.4) is 0 Å². The summed E-state index contributed by atoms with van der Waals surface area (Å²) in [4.78, 5) is 14.3. The summed E-state index contributed by atoms with van der Waals surface area (Å²) >= 11 is 0. The van der Waals surface area contributed by atoms with E-state index >= 15 is 0 Å². The van der Waals surface area contributed by atoms with Crippen molar-refractivity contribution in [1.82, 2.24) is 10.2 Å². The molecule has 1 saturated heterocycles. The van der Waals surface area contributed by atoms with Gasteiger partial charge in [0.25, 0.3) is 0 Å². The topological polar surface area (TPSA) is 58.4 Å². The Bertz CT molecular complexity index is 413. The van der Waals surface area contributed by atoms with Crippen LogP contribution in [0, 0.1) is 5.92 Å². The maximum Gasteiger partial charge on any atom is 0.221 e. The number of piperidine rings is 1. The first kappa shape index (κ1) is 15.0. The van der Waals surface area contributed by atoms with E-state index in [4.69, 9.17) is 5.73 Å². The summed E-state index contributed by atoms with van der Waals surface area (Å²) in [6.07, 6.45) is 2.69. The van der Waals surface area contributed by atoms with Crippen molar-refractivity contribution >= 4 is 5.91 Å². The van der Waals surface area contributed by atoms with Crippen LogP contribution >= 0.6 is 0 Å². The second-order valence-electron chi connectivity index (χ2n) is 5.77. The molecule has 4 nitrogen and oxygen atoms in total. The van der Waals surface area contributed by atoms with Gasteiger partial charge in [0.1, 0.15) is 0 Å². The van der Waals surface area contributed by atoms with Crippen molar-refractivity contribution in [2.75, 3.05) is 26.7 Å². The molecule has 1 fully saturated rings. The lowest BCUT2D eigenvalue weighted by atomic mass is 9.97. The third-order valence-corrected chi connectivity index (χ3v) is 4.06. The molecule has 2 rings (SSSR count). The van der Waals surface area contributed by atoms with Crippen molar-refractivity contribution in [3.05, 3.63) is 35.9 Å². The minimum atomic E-state index is -0.214. The summed E-state index contributed by atoms with van der Waals surface area (Å²) in [5.74, 6) is 0.670. The molecule has 1 aromatic carbocycles. The number of hydrogen-bond donors (Lipinski definition) is 2. The number of likely N-dealkylation sites (tertiary alicyclic amines) is 1. The van der Waals surface area contributed by atoms with Crippen molar-refractivity contribution in [3.63, 3.8) is 0 Å². The fourth-order valence-electron chi connectivity index (χ4n) is 2.61. The van der Waals surface area contributed by atoms with E-state index < -0.39 is 0 Å². The molecule has 1 unspecified atom stereocenters. The second-order valence-corrected chi connectivity index (χ2v) is 5.77. The van der Waals surface area contributed by atoms with Gasteiger partial charge in [-0.3, -0.25) is 4.79 Å². The number of nitrogens with one attached hydrogen (secondary N) is 1. The largest absolute Gasteiger partial charge is 0.356 e. The van der Waals surface area contributed by atoms with Crippen molar-refractivity contribution in [1.29, 1.82) is 0 Å². The molecule has 1 aliphatic rings. The van der Waals surface area contributed by atoms with Gasteiger partial charge in [0, 0.05) is 19.0 Å². The van der Waals surface area contributed by atoms with Gasteiger partial charge in [-0.15, -0.1) is 0 Å². The molecule has 1 atom stereocenters. The van der Waals surface area contributed by atoms with Gasteiger partial charge >= 0.3 is 0 Å². The molecule has 4 heteroatoms. The van der Waals surface area contributed by atoms with E-state index in [0.29, 0.717) is 12.3 Å². The molecule has 3 N–H and O–H groups in total. The number of benzene rings is 1. The molecule has 0 saturated carbocycles. The zero-order chi connectivity index (χ0) is 14.4. The zero-order valence-corrected chi connectivity index (χ0v) is 12.2. The molecule has 1 heterocycles. The SMILES string of the molecule is CN1CCC(CNC(=O)CC(N)c2ccccc2)CC1. The average Bonchev–Trinajstić information content (AvgIpc) is 2.47.